The average molecular weight is 357 g/mol. The number of aromatic carboxylic acids is 1. The first kappa shape index (κ1) is 16.9. The lowest BCUT2D eigenvalue weighted by Gasteiger charge is -2.10. The van der Waals surface area contributed by atoms with Gasteiger partial charge in [-0.15, -0.1) is 0 Å². The summed E-state index contributed by atoms with van der Waals surface area (Å²) in [7, 11) is -4.26. The smallest absolute Gasteiger partial charge is 0.335 e. The van der Waals surface area contributed by atoms with E-state index in [1.54, 1.807) is 37.3 Å². The third-order valence-corrected chi connectivity index (χ3v) is 4.83. The molecule has 0 radical (unpaired) electrons. The van der Waals surface area contributed by atoms with Crippen LogP contribution in [0, 0.1) is 6.92 Å². The summed E-state index contributed by atoms with van der Waals surface area (Å²) in [5, 5.41) is 13.6. The van der Waals surface area contributed by atoms with Gasteiger partial charge in [0.05, 0.1) is 10.5 Å². The molecular formula is C18H15NO5S. The summed E-state index contributed by atoms with van der Waals surface area (Å²) in [6.07, 6.45) is 0. The second-order valence-electron chi connectivity index (χ2n) is 5.66. The molecule has 6 nitrogen and oxygen atoms in total. The van der Waals surface area contributed by atoms with Crippen molar-refractivity contribution in [1.29, 1.82) is 0 Å². The Kier molecular flexibility index (Phi) is 4.20. The molecule has 25 heavy (non-hydrogen) atoms. The molecule has 0 amide bonds. The molecule has 0 atom stereocenters. The summed E-state index contributed by atoms with van der Waals surface area (Å²) >= 11 is 0. The van der Waals surface area contributed by atoms with Crippen molar-refractivity contribution in [3.63, 3.8) is 0 Å². The minimum Gasteiger partial charge on any atom is -0.478 e. The highest BCUT2D eigenvalue weighted by atomic mass is 32.2. The first-order valence-corrected chi connectivity index (χ1v) is 8.80. The van der Waals surface area contributed by atoms with Crippen molar-refractivity contribution in [3.05, 3.63) is 65.7 Å². The fraction of sp³-hybridized carbons (Fsp3) is 0.0556. The average Bonchev–Trinajstić information content (AvgIpc) is 2.53. The summed E-state index contributed by atoms with van der Waals surface area (Å²) in [6, 6.07) is 14.8. The van der Waals surface area contributed by atoms with Gasteiger partial charge < -0.3 is 10.4 Å². The van der Waals surface area contributed by atoms with Gasteiger partial charge in [-0.25, -0.2) is 4.79 Å². The monoisotopic (exact) mass is 357 g/mol. The molecule has 0 unspecified atom stereocenters. The summed E-state index contributed by atoms with van der Waals surface area (Å²) < 4.78 is 32.0. The van der Waals surface area contributed by atoms with Gasteiger partial charge in [0.25, 0.3) is 10.1 Å². The van der Waals surface area contributed by atoms with Crippen LogP contribution in [0.1, 0.15) is 15.9 Å². The molecule has 7 heteroatoms. The van der Waals surface area contributed by atoms with Crippen molar-refractivity contribution in [3.8, 4) is 0 Å². The van der Waals surface area contributed by atoms with E-state index >= 15 is 0 Å². The van der Waals surface area contributed by atoms with Crippen molar-refractivity contribution in [2.45, 2.75) is 11.8 Å². The van der Waals surface area contributed by atoms with Gasteiger partial charge in [0.1, 0.15) is 0 Å². The topological polar surface area (TPSA) is 104 Å². The van der Waals surface area contributed by atoms with Crippen molar-refractivity contribution < 1.29 is 22.9 Å². The summed E-state index contributed by atoms with van der Waals surface area (Å²) in [4.78, 5) is 10.8. The standard InChI is InChI=1S/C18H15NO5S/c1-11-8-14-9-16(7-4-13(14)10-17(11)25(22,23)24)19-15-5-2-12(3-6-15)18(20)21/h2-10,19H,1H3,(H,20,21)(H,22,23,24). The van der Waals surface area contributed by atoms with Crippen molar-refractivity contribution in [1.82, 2.24) is 0 Å². The van der Waals surface area contributed by atoms with Crippen LogP contribution in [0.3, 0.4) is 0 Å². The van der Waals surface area contributed by atoms with E-state index in [-0.39, 0.29) is 10.5 Å². The summed E-state index contributed by atoms with van der Waals surface area (Å²) in [5.41, 5.74) is 2.17. The molecule has 0 fully saturated rings. The largest absolute Gasteiger partial charge is 0.478 e. The Hall–Kier alpha value is -2.90. The molecular weight excluding hydrogens is 342 g/mol. The van der Waals surface area contributed by atoms with E-state index < -0.39 is 16.1 Å². The maximum atomic E-state index is 11.4. The zero-order chi connectivity index (χ0) is 18.2. The van der Waals surface area contributed by atoms with Crippen molar-refractivity contribution in [2.24, 2.45) is 0 Å². The predicted octanol–water partition coefficient (Wildman–Crippen LogP) is 3.84. The number of hydrogen-bond acceptors (Lipinski definition) is 4. The van der Waals surface area contributed by atoms with Gasteiger partial charge in [0, 0.05) is 11.4 Å². The first-order chi connectivity index (χ1) is 11.7. The van der Waals surface area contributed by atoms with Crippen LogP contribution in [0.5, 0.6) is 0 Å². The minimum absolute atomic E-state index is 0.107. The highest BCUT2D eigenvalue weighted by Gasteiger charge is 2.14. The van der Waals surface area contributed by atoms with Gasteiger partial charge in [0.2, 0.25) is 0 Å². The number of carboxylic acids is 1. The second-order valence-corrected chi connectivity index (χ2v) is 7.05. The highest BCUT2D eigenvalue weighted by molar-refractivity contribution is 7.85. The first-order valence-electron chi connectivity index (χ1n) is 7.36. The number of carbonyl (C=O) groups is 1. The number of fused-ring (bicyclic) bond motifs is 1. The Morgan fingerprint density at radius 1 is 0.920 bits per heavy atom. The molecule has 0 bridgehead atoms. The number of hydrogen-bond donors (Lipinski definition) is 3. The van der Waals surface area contributed by atoms with E-state index in [1.807, 2.05) is 6.07 Å². The lowest BCUT2D eigenvalue weighted by Crippen LogP contribution is -2.01. The van der Waals surface area contributed by atoms with Gasteiger partial charge in [-0.1, -0.05) is 6.07 Å². The Morgan fingerprint density at radius 2 is 1.56 bits per heavy atom. The van der Waals surface area contributed by atoms with Crippen LogP contribution in [0.4, 0.5) is 11.4 Å². The maximum Gasteiger partial charge on any atom is 0.335 e. The van der Waals surface area contributed by atoms with Crippen LogP contribution >= 0.6 is 0 Å². The Morgan fingerprint density at radius 3 is 2.16 bits per heavy atom. The normalized spacial score (nSPS) is 11.4. The molecule has 0 heterocycles. The number of benzene rings is 3. The minimum atomic E-state index is -4.26. The van der Waals surface area contributed by atoms with E-state index in [4.69, 9.17) is 5.11 Å². The molecule has 0 aliphatic rings. The molecule has 0 aliphatic carbocycles. The van der Waals surface area contributed by atoms with Gasteiger partial charge in [0.15, 0.2) is 0 Å². The Bertz CT molecular complexity index is 1070. The van der Waals surface area contributed by atoms with Crippen LogP contribution in [0.15, 0.2) is 59.5 Å². The number of aryl methyl sites for hydroxylation is 1. The van der Waals surface area contributed by atoms with E-state index in [1.165, 1.54) is 18.2 Å². The molecule has 3 aromatic carbocycles. The highest BCUT2D eigenvalue weighted by Crippen LogP contribution is 2.27. The fourth-order valence-electron chi connectivity index (χ4n) is 2.61. The third kappa shape index (κ3) is 3.62. The molecule has 0 saturated heterocycles. The Labute approximate surface area is 144 Å². The Balaban J connectivity index is 1.94. The quantitative estimate of drug-likeness (QED) is 0.613. The molecule has 3 N–H and O–H groups in total. The van der Waals surface area contributed by atoms with Gasteiger partial charge in [-0.2, -0.15) is 8.42 Å². The SMILES string of the molecule is Cc1cc2cc(Nc3ccc(C(=O)O)cc3)ccc2cc1S(=O)(=O)O. The van der Waals surface area contributed by atoms with Crippen molar-refractivity contribution >= 4 is 38.2 Å². The molecule has 3 rings (SSSR count). The van der Waals surface area contributed by atoms with Crippen LogP contribution in [0.25, 0.3) is 10.8 Å². The number of anilines is 2. The van der Waals surface area contributed by atoms with Crippen LogP contribution in [-0.4, -0.2) is 24.0 Å². The molecule has 128 valence electrons. The predicted molar refractivity (Wildman–Crippen MR) is 95.2 cm³/mol. The van der Waals surface area contributed by atoms with Crippen LogP contribution in [-0.2, 0) is 10.1 Å². The number of rotatable bonds is 4. The van der Waals surface area contributed by atoms with E-state index in [9.17, 15) is 17.8 Å². The fourth-order valence-corrected chi connectivity index (χ4v) is 3.35. The van der Waals surface area contributed by atoms with Gasteiger partial charge >= 0.3 is 5.97 Å². The maximum absolute atomic E-state index is 11.4. The lowest BCUT2D eigenvalue weighted by atomic mass is 10.1. The molecule has 0 aliphatic heterocycles. The lowest BCUT2D eigenvalue weighted by molar-refractivity contribution is 0.0697. The zero-order valence-electron chi connectivity index (χ0n) is 13.2. The van der Waals surface area contributed by atoms with Gasteiger partial charge in [-0.3, -0.25) is 4.55 Å². The number of carboxylic acid groups (broad SMARTS) is 1. The van der Waals surface area contributed by atoms with E-state index in [2.05, 4.69) is 5.32 Å². The molecule has 0 saturated carbocycles. The molecule has 0 aromatic heterocycles. The van der Waals surface area contributed by atoms with Crippen molar-refractivity contribution in [2.75, 3.05) is 5.32 Å². The summed E-state index contributed by atoms with van der Waals surface area (Å²) in [5.74, 6) is -0.984. The third-order valence-electron chi connectivity index (χ3n) is 3.83. The van der Waals surface area contributed by atoms with Crippen LogP contribution < -0.4 is 5.32 Å². The van der Waals surface area contributed by atoms with E-state index in [0.717, 1.165) is 16.8 Å². The van der Waals surface area contributed by atoms with Gasteiger partial charge in [-0.05, 0) is 71.8 Å². The molecule has 3 aromatic rings. The van der Waals surface area contributed by atoms with E-state index in [0.29, 0.717) is 10.9 Å². The second kappa shape index (κ2) is 6.19. The number of nitrogens with one attached hydrogen (secondary N) is 1. The summed E-state index contributed by atoms with van der Waals surface area (Å²) in [6.45, 7) is 1.62. The molecule has 0 spiro atoms. The van der Waals surface area contributed by atoms with Crippen LogP contribution in [0.2, 0.25) is 0 Å². The zero-order valence-corrected chi connectivity index (χ0v) is 14.0.